The van der Waals surface area contributed by atoms with Gasteiger partial charge in [-0.25, -0.2) is 4.98 Å². The molecule has 1 aliphatic heterocycles. The van der Waals surface area contributed by atoms with Gasteiger partial charge in [0.05, 0.1) is 11.1 Å². The van der Waals surface area contributed by atoms with Crippen LogP contribution in [-0.2, 0) is 24.2 Å². The Morgan fingerprint density at radius 3 is 2.61 bits per heavy atom. The molecule has 28 heavy (non-hydrogen) atoms. The third-order valence-electron chi connectivity index (χ3n) is 5.77. The lowest BCUT2D eigenvalue weighted by Crippen LogP contribution is -2.33. The standard InChI is InChI=1S/C21H29N3O2S2/c1-2-11-24-20(26)18-15-9-5-6-10-16(15)28-19(18)22-21(24)27-14-17(25)23-12-7-3-4-8-13-23/h2-14H2,1H3. The molecule has 1 amide bonds. The van der Waals surface area contributed by atoms with Crippen LogP contribution in [0.4, 0.5) is 0 Å². The van der Waals surface area contributed by atoms with Gasteiger partial charge in [-0.15, -0.1) is 11.3 Å². The Labute approximate surface area is 174 Å². The maximum Gasteiger partial charge on any atom is 0.263 e. The summed E-state index contributed by atoms with van der Waals surface area (Å²) in [6.45, 7) is 4.47. The molecule has 0 saturated carbocycles. The molecule has 0 bridgehead atoms. The van der Waals surface area contributed by atoms with Crippen molar-refractivity contribution in [3.05, 3.63) is 20.8 Å². The number of rotatable bonds is 5. The molecule has 5 nitrogen and oxygen atoms in total. The van der Waals surface area contributed by atoms with Gasteiger partial charge in [-0.05, 0) is 50.5 Å². The van der Waals surface area contributed by atoms with Crippen LogP contribution >= 0.6 is 23.1 Å². The van der Waals surface area contributed by atoms with Crippen molar-refractivity contribution in [1.82, 2.24) is 14.5 Å². The lowest BCUT2D eigenvalue weighted by molar-refractivity contribution is -0.128. The molecule has 152 valence electrons. The van der Waals surface area contributed by atoms with Gasteiger partial charge in [0.15, 0.2) is 5.16 Å². The summed E-state index contributed by atoms with van der Waals surface area (Å²) >= 11 is 3.12. The molecule has 1 fully saturated rings. The summed E-state index contributed by atoms with van der Waals surface area (Å²) in [5.74, 6) is 0.544. The minimum Gasteiger partial charge on any atom is -0.342 e. The fourth-order valence-corrected chi connectivity index (χ4v) is 6.52. The van der Waals surface area contributed by atoms with Gasteiger partial charge in [-0.2, -0.15) is 0 Å². The van der Waals surface area contributed by atoms with E-state index in [-0.39, 0.29) is 11.5 Å². The van der Waals surface area contributed by atoms with Crippen molar-refractivity contribution in [2.24, 2.45) is 0 Å². The number of likely N-dealkylation sites (tertiary alicyclic amines) is 1. The summed E-state index contributed by atoms with van der Waals surface area (Å²) in [5.41, 5.74) is 1.33. The molecule has 0 N–H and O–H groups in total. The average molecular weight is 420 g/mol. The van der Waals surface area contributed by atoms with Crippen molar-refractivity contribution < 1.29 is 4.79 Å². The molecule has 1 saturated heterocycles. The molecule has 2 aliphatic rings. The third-order valence-corrected chi connectivity index (χ3v) is 7.92. The van der Waals surface area contributed by atoms with Gasteiger partial charge in [0.25, 0.3) is 5.56 Å². The smallest absolute Gasteiger partial charge is 0.263 e. The number of aromatic nitrogens is 2. The van der Waals surface area contributed by atoms with Crippen LogP contribution in [0, 0.1) is 0 Å². The minimum atomic E-state index is 0.0935. The SMILES string of the molecule is CCCn1c(SCC(=O)N2CCCCCC2)nc2sc3c(c2c1=O)CCCC3. The van der Waals surface area contributed by atoms with Crippen molar-refractivity contribution in [2.75, 3.05) is 18.8 Å². The van der Waals surface area contributed by atoms with Crippen LogP contribution in [0.15, 0.2) is 9.95 Å². The van der Waals surface area contributed by atoms with Crippen molar-refractivity contribution in [2.45, 2.75) is 76.4 Å². The molecule has 7 heteroatoms. The lowest BCUT2D eigenvalue weighted by atomic mass is 9.97. The number of hydrogen-bond donors (Lipinski definition) is 0. The van der Waals surface area contributed by atoms with Crippen LogP contribution in [0.3, 0.4) is 0 Å². The largest absolute Gasteiger partial charge is 0.342 e. The van der Waals surface area contributed by atoms with E-state index >= 15 is 0 Å². The zero-order valence-electron chi connectivity index (χ0n) is 16.7. The second kappa shape index (κ2) is 8.99. The van der Waals surface area contributed by atoms with Crippen molar-refractivity contribution in [1.29, 1.82) is 0 Å². The van der Waals surface area contributed by atoms with Crippen molar-refractivity contribution >= 4 is 39.2 Å². The normalized spacial score (nSPS) is 17.5. The summed E-state index contributed by atoms with van der Waals surface area (Å²) in [5, 5.41) is 1.55. The molecule has 3 heterocycles. The van der Waals surface area contributed by atoms with E-state index in [1.165, 1.54) is 41.5 Å². The Morgan fingerprint density at radius 2 is 1.86 bits per heavy atom. The molecule has 2 aromatic heterocycles. The van der Waals surface area contributed by atoms with E-state index in [2.05, 4.69) is 6.92 Å². The van der Waals surface area contributed by atoms with Gasteiger partial charge in [0.2, 0.25) is 5.91 Å². The fourth-order valence-electron chi connectivity index (χ4n) is 4.29. The number of amides is 1. The zero-order chi connectivity index (χ0) is 19.5. The van der Waals surface area contributed by atoms with E-state index in [0.29, 0.717) is 17.5 Å². The maximum atomic E-state index is 13.3. The first-order chi connectivity index (χ1) is 13.7. The summed E-state index contributed by atoms with van der Waals surface area (Å²) in [6, 6.07) is 0. The molecule has 1 aliphatic carbocycles. The second-order valence-corrected chi connectivity index (χ2v) is 9.85. The fraction of sp³-hybridized carbons (Fsp3) is 0.667. The van der Waals surface area contributed by atoms with Crippen molar-refractivity contribution in [3.8, 4) is 0 Å². The van der Waals surface area contributed by atoms with E-state index in [0.717, 1.165) is 61.8 Å². The van der Waals surface area contributed by atoms with Gasteiger partial charge in [-0.3, -0.25) is 14.2 Å². The summed E-state index contributed by atoms with van der Waals surface area (Å²) in [6.07, 6.45) is 9.94. The highest BCUT2D eigenvalue weighted by atomic mass is 32.2. The third kappa shape index (κ3) is 4.01. The van der Waals surface area contributed by atoms with Gasteiger partial charge in [-0.1, -0.05) is 31.5 Å². The quantitative estimate of drug-likeness (QED) is 0.537. The van der Waals surface area contributed by atoms with Crippen LogP contribution in [0.2, 0.25) is 0 Å². The van der Waals surface area contributed by atoms with E-state index in [9.17, 15) is 9.59 Å². The van der Waals surface area contributed by atoms with Crippen LogP contribution in [0.1, 0.15) is 62.3 Å². The first-order valence-electron chi connectivity index (χ1n) is 10.6. The summed E-state index contributed by atoms with van der Waals surface area (Å²) < 4.78 is 1.81. The van der Waals surface area contributed by atoms with Crippen LogP contribution in [0.5, 0.6) is 0 Å². The molecule has 0 unspecified atom stereocenters. The summed E-state index contributed by atoms with van der Waals surface area (Å²) in [7, 11) is 0. The van der Waals surface area contributed by atoms with Gasteiger partial charge in [0, 0.05) is 24.5 Å². The van der Waals surface area contributed by atoms with E-state index in [4.69, 9.17) is 4.98 Å². The van der Waals surface area contributed by atoms with E-state index in [1.54, 1.807) is 11.3 Å². The highest BCUT2D eigenvalue weighted by Crippen LogP contribution is 2.34. The molecule has 0 aromatic carbocycles. The molecule has 0 atom stereocenters. The predicted octanol–water partition coefficient (Wildman–Crippen LogP) is 4.24. The molecular weight excluding hydrogens is 390 g/mol. The van der Waals surface area contributed by atoms with Crippen LogP contribution < -0.4 is 5.56 Å². The predicted molar refractivity (Wildman–Crippen MR) is 117 cm³/mol. The van der Waals surface area contributed by atoms with Crippen molar-refractivity contribution in [3.63, 3.8) is 0 Å². The lowest BCUT2D eigenvalue weighted by Gasteiger charge is -2.20. The monoisotopic (exact) mass is 419 g/mol. The highest BCUT2D eigenvalue weighted by molar-refractivity contribution is 7.99. The minimum absolute atomic E-state index is 0.0935. The first-order valence-corrected chi connectivity index (χ1v) is 12.4. The molecule has 0 radical (unpaired) electrons. The Kier molecular flexibility index (Phi) is 6.41. The molecular formula is C21H29N3O2S2. The van der Waals surface area contributed by atoms with Gasteiger partial charge >= 0.3 is 0 Å². The van der Waals surface area contributed by atoms with Gasteiger partial charge in [0.1, 0.15) is 4.83 Å². The summed E-state index contributed by atoms with van der Waals surface area (Å²) in [4.78, 5) is 35.1. The number of hydrogen-bond acceptors (Lipinski definition) is 5. The zero-order valence-corrected chi connectivity index (χ0v) is 18.3. The Hall–Kier alpha value is -1.34. The number of carbonyl (C=O) groups is 1. The molecule has 4 rings (SSSR count). The Bertz CT molecular complexity index is 910. The number of aryl methyl sites for hydroxylation is 2. The topological polar surface area (TPSA) is 55.2 Å². The van der Waals surface area contributed by atoms with Crippen LogP contribution in [0.25, 0.3) is 10.2 Å². The number of nitrogens with zero attached hydrogens (tertiary/aromatic N) is 3. The number of thiophene rings is 1. The van der Waals surface area contributed by atoms with Gasteiger partial charge < -0.3 is 4.90 Å². The highest BCUT2D eigenvalue weighted by Gasteiger charge is 2.23. The number of carbonyl (C=O) groups excluding carboxylic acids is 1. The molecule has 2 aromatic rings. The average Bonchev–Trinajstić information content (AvgIpc) is 2.87. The number of thioether (sulfide) groups is 1. The van der Waals surface area contributed by atoms with E-state index in [1.807, 2.05) is 9.47 Å². The molecule has 0 spiro atoms. The number of fused-ring (bicyclic) bond motifs is 3. The first kappa shape index (κ1) is 20.0. The maximum absolute atomic E-state index is 13.3. The van der Waals surface area contributed by atoms with Crippen LogP contribution in [-0.4, -0.2) is 39.2 Å². The second-order valence-electron chi connectivity index (χ2n) is 7.83. The van der Waals surface area contributed by atoms with E-state index < -0.39 is 0 Å². The Balaban J connectivity index is 1.61. The Morgan fingerprint density at radius 1 is 1.11 bits per heavy atom.